The highest BCUT2D eigenvalue weighted by Gasteiger charge is 2.31. The fourth-order valence-electron chi connectivity index (χ4n) is 1.88. The van der Waals surface area contributed by atoms with Crippen molar-refractivity contribution in [1.82, 2.24) is 15.5 Å². The number of amides is 1. The molecule has 1 saturated carbocycles. The van der Waals surface area contributed by atoms with Crippen molar-refractivity contribution in [1.29, 1.82) is 0 Å². The van der Waals surface area contributed by atoms with Gasteiger partial charge in [0.05, 0.1) is 0 Å². The molecule has 0 spiro atoms. The van der Waals surface area contributed by atoms with E-state index in [0.717, 1.165) is 26.0 Å². The number of carbonyl (C=O) groups excluding carboxylic acids is 1. The number of hydrogen-bond donors (Lipinski definition) is 2. The molecule has 1 fully saturated rings. The second kappa shape index (κ2) is 10.4. The van der Waals surface area contributed by atoms with Crippen molar-refractivity contribution in [2.75, 3.05) is 46.4 Å². The molecule has 0 radical (unpaired) electrons. The first-order chi connectivity index (χ1) is 11.3. The van der Waals surface area contributed by atoms with E-state index in [4.69, 9.17) is 4.74 Å². The third-order valence-corrected chi connectivity index (χ3v) is 3.37. The Balaban J connectivity index is 2.25. The monoisotopic (exact) mass is 352 g/mol. The van der Waals surface area contributed by atoms with Crippen molar-refractivity contribution >= 4 is 11.9 Å². The molecule has 0 aromatic rings. The summed E-state index contributed by atoms with van der Waals surface area (Å²) in [5.74, 6) is 0.460. The van der Waals surface area contributed by atoms with E-state index < -0.39 is 18.6 Å². The van der Waals surface area contributed by atoms with Gasteiger partial charge in [0.1, 0.15) is 13.1 Å². The predicted octanol–water partition coefficient (Wildman–Crippen LogP) is 1.38. The van der Waals surface area contributed by atoms with Crippen LogP contribution in [0.15, 0.2) is 4.99 Å². The van der Waals surface area contributed by atoms with Crippen molar-refractivity contribution in [2.45, 2.75) is 32.4 Å². The van der Waals surface area contributed by atoms with Crippen LogP contribution in [0.4, 0.5) is 13.2 Å². The van der Waals surface area contributed by atoms with Gasteiger partial charge in [0.25, 0.3) is 0 Å². The number of likely N-dealkylation sites (N-methyl/N-ethyl adjacent to an activating group) is 1. The normalized spacial score (nSPS) is 15.3. The lowest BCUT2D eigenvalue weighted by atomic mass is 10.4. The van der Waals surface area contributed by atoms with E-state index in [1.807, 2.05) is 6.92 Å². The number of aliphatic imine (C=N–C) groups is 1. The highest BCUT2D eigenvalue weighted by atomic mass is 19.4. The lowest BCUT2D eigenvalue weighted by molar-refractivity contribution is -0.157. The highest BCUT2D eigenvalue weighted by molar-refractivity contribution is 5.84. The molecule has 9 heteroatoms. The van der Waals surface area contributed by atoms with Crippen LogP contribution in [0.5, 0.6) is 0 Å². The Morgan fingerprint density at radius 1 is 1.33 bits per heavy atom. The average Bonchev–Trinajstić information content (AvgIpc) is 3.30. The maximum absolute atomic E-state index is 12.2. The minimum absolute atomic E-state index is 0.333. The molecule has 1 rings (SSSR count). The molecule has 0 aromatic carbocycles. The number of halogens is 3. The lowest BCUT2D eigenvalue weighted by Gasteiger charge is -2.18. The molecule has 0 heterocycles. The van der Waals surface area contributed by atoms with Crippen LogP contribution in [0.25, 0.3) is 0 Å². The molecule has 24 heavy (non-hydrogen) atoms. The molecule has 0 unspecified atom stereocenters. The third-order valence-electron chi connectivity index (χ3n) is 3.37. The molecular weight excluding hydrogens is 325 g/mol. The van der Waals surface area contributed by atoms with Crippen LogP contribution in [0.3, 0.4) is 0 Å². The minimum atomic E-state index is -4.41. The summed E-state index contributed by atoms with van der Waals surface area (Å²) in [7, 11) is 1.11. The predicted molar refractivity (Wildman–Crippen MR) is 85.8 cm³/mol. The van der Waals surface area contributed by atoms with Crippen molar-refractivity contribution in [3.05, 3.63) is 0 Å². The SMILES string of the molecule is CCNC(=NCC(=O)N(C)CC(F)(F)F)NCCCOCC1CC1. The van der Waals surface area contributed by atoms with Crippen LogP contribution in [-0.4, -0.2) is 69.4 Å². The number of nitrogens with one attached hydrogen (secondary N) is 2. The van der Waals surface area contributed by atoms with Gasteiger partial charge in [-0.25, -0.2) is 4.99 Å². The first-order valence-electron chi connectivity index (χ1n) is 8.22. The summed E-state index contributed by atoms with van der Waals surface area (Å²) in [4.78, 5) is 16.3. The van der Waals surface area contributed by atoms with Gasteiger partial charge >= 0.3 is 6.18 Å². The molecular formula is C15H27F3N4O2. The summed E-state index contributed by atoms with van der Waals surface area (Å²) >= 11 is 0. The van der Waals surface area contributed by atoms with E-state index in [1.165, 1.54) is 12.8 Å². The smallest absolute Gasteiger partial charge is 0.381 e. The van der Waals surface area contributed by atoms with E-state index in [9.17, 15) is 18.0 Å². The fourth-order valence-corrected chi connectivity index (χ4v) is 1.88. The van der Waals surface area contributed by atoms with Crippen LogP contribution >= 0.6 is 0 Å². The Morgan fingerprint density at radius 2 is 2.04 bits per heavy atom. The lowest BCUT2D eigenvalue weighted by Crippen LogP contribution is -2.40. The maximum atomic E-state index is 12.2. The average molecular weight is 352 g/mol. The molecule has 140 valence electrons. The zero-order valence-electron chi connectivity index (χ0n) is 14.3. The summed E-state index contributed by atoms with van der Waals surface area (Å²) in [5.41, 5.74) is 0. The molecule has 2 N–H and O–H groups in total. The molecule has 0 saturated heterocycles. The summed E-state index contributed by atoms with van der Waals surface area (Å²) in [5, 5.41) is 5.98. The number of carbonyl (C=O) groups is 1. The zero-order valence-corrected chi connectivity index (χ0v) is 14.3. The molecule has 0 bridgehead atoms. The molecule has 1 aliphatic rings. The standard InChI is InChI=1S/C15H27F3N4O2/c1-3-19-14(20-7-4-8-24-10-12-5-6-12)21-9-13(23)22(2)11-15(16,17)18/h12H,3-11H2,1-2H3,(H2,19,20,21). The van der Waals surface area contributed by atoms with Crippen LogP contribution in [-0.2, 0) is 9.53 Å². The Kier molecular flexibility index (Phi) is 8.88. The largest absolute Gasteiger partial charge is 0.406 e. The number of guanidine groups is 1. The second-order valence-electron chi connectivity index (χ2n) is 5.86. The second-order valence-corrected chi connectivity index (χ2v) is 5.86. The Hall–Kier alpha value is -1.51. The fraction of sp³-hybridized carbons (Fsp3) is 0.867. The van der Waals surface area contributed by atoms with Gasteiger partial charge in [0.15, 0.2) is 5.96 Å². The molecule has 1 aliphatic carbocycles. The summed E-state index contributed by atoms with van der Waals surface area (Å²) in [6.45, 7) is 2.93. The van der Waals surface area contributed by atoms with Crippen LogP contribution in [0, 0.1) is 5.92 Å². The summed E-state index contributed by atoms with van der Waals surface area (Å²) in [6.07, 6.45) is -1.10. The van der Waals surface area contributed by atoms with E-state index in [1.54, 1.807) is 0 Å². The number of hydrogen-bond acceptors (Lipinski definition) is 3. The van der Waals surface area contributed by atoms with Gasteiger partial charge in [-0.2, -0.15) is 13.2 Å². The van der Waals surface area contributed by atoms with Gasteiger partial charge in [-0.1, -0.05) is 0 Å². The van der Waals surface area contributed by atoms with Crippen molar-refractivity contribution in [3.8, 4) is 0 Å². The maximum Gasteiger partial charge on any atom is 0.406 e. The molecule has 1 amide bonds. The number of ether oxygens (including phenoxy) is 1. The number of rotatable bonds is 10. The van der Waals surface area contributed by atoms with Crippen molar-refractivity contribution in [2.24, 2.45) is 10.9 Å². The van der Waals surface area contributed by atoms with Crippen molar-refractivity contribution in [3.63, 3.8) is 0 Å². The highest BCUT2D eigenvalue weighted by Crippen LogP contribution is 2.28. The Bertz CT molecular complexity index is 412. The van der Waals surface area contributed by atoms with Crippen LogP contribution in [0.2, 0.25) is 0 Å². The number of alkyl halides is 3. The minimum Gasteiger partial charge on any atom is -0.381 e. The van der Waals surface area contributed by atoms with E-state index >= 15 is 0 Å². The molecule has 0 atom stereocenters. The molecule has 0 aliphatic heterocycles. The van der Waals surface area contributed by atoms with Gasteiger partial charge in [-0.3, -0.25) is 4.79 Å². The molecule has 6 nitrogen and oxygen atoms in total. The van der Waals surface area contributed by atoms with Gasteiger partial charge in [0, 0.05) is 33.4 Å². The topological polar surface area (TPSA) is 66.0 Å². The quantitative estimate of drug-likeness (QED) is 0.354. The van der Waals surface area contributed by atoms with Gasteiger partial charge in [-0.15, -0.1) is 0 Å². The Labute approximate surface area is 140 Å². The van der Waals surface area contributed by atoms with Crippen LogP contribution < -0.4 is 10.6 Å². The van der Waals surface area contributed by atoms with Gasteiger partial charge in [0.2, 0.25) is 5.91 Å². The first-order valence-corrected chi connectivity index (χ1v) is 8.22. The first kappa shape index (κ1) is 20.5. The third kappa shape index (κ3) is 10.3. The van der Waals surface area contributed by atoms with E-state index in [-0.39, 0.29) is 6.54 Å². The summed E-state index contributed by atoms with van der Waals surface area (Å²) < 4.78 is 42.2. The number of nitrogens with zero attached hydrogens (tertiary/aromatic N) is 2. The zero-order chi connectivity index (χ0) is 18.0. The van der Waals surface area contributed by atoms with E-state index in [2.05, 4.69) is 15.6 Å². The molecule has 0 aromatic heterocycles. The van der Waals surface area contributed by atoms with Crippen LogP contribution in [0.1, 0.15) is 26.2 Å². The van der Waals surface area contributed by atoms with E-state index in [0.29, 0.717) is 30.6 Å². The van der Waals surface area contributed by atoms with Gasteiger partial charge < -0.3 is 20.3 Å². The van der Waals surface area contributed by atoms with Crippen molar-refractivity contribution < 1.29 is 22.7 Å². The van der Waals surface area contributed by atoms with Gasteiger partial charge in [-0.05, 0) is 32.1 Å². The Morgan fingerprint density at radius 3 is 2.62 bits per heavy atom. The summed E-state index contributed by atoms with van der Waals surface area (Å²) in [6, 6.07) is 0.